The van der Waals surface area contributed by atoms with Gasteiger partial charge in [-0.3, -0.25) is 4.98 Å². The van der Waals surface area contributed by atoms with Crippen LogP contribution in [0.1, 0.15) is 32.0 Å². The molecular formula is C26H34N4O2. The molecule has 4 rings (SSSR count). The van der Waals surface area contributed by atoms with Gasteiger partial charge in [-0.15, -0.1) is 0 Å². The van der Waals surface area contributed by atoms with Crippen LogP contribution in [0, 0.1) is 13.8 Å². The summed E-state index contributed by atoms with van der Waals surface area (Å²) in [5.74, 6) is 1.93. The second-order valence-corrected chi connectivity index (χ2v) is 7.48. The van der Waals surface area contributed by atoms with E-state index in [4.69, 9.17) is 9.84 Å². The summed E-state index contributed by atoms with van der Waals surface area (Å²) >= 11 is 0. The van der Waals surface area contributed by atoms with Gasteiger partial charge in [-0.2, -0.15) is 5.10 Å². The van der Waals surface area contributed by atoms with E-state index in [0.717, 1.165) is 33.9 Å². The minimum atomic E-state index is 0.250. The van der Waals surface area contributed by atoms with Crippen LogP contribution in [0.2, 0.25) is 0 Å². The van der Waals surface area contributed by atoms with Crippen molar-refractivity contribution in [2.75, 3.05) is 19.0 Å². The van der Waals surface area contributed by atoms with Gasteiger partial charge in [0.1, 0.15) is 11.6 Å². The molecule has 0 radical (unpaired) electrons. The zero-order valence-corrected chi connectivity index (χ0v) is 19.8. The van der Waals surface area contributed by atoms with Crippen molar-refractivity contribution in [3.63, 3.8) is 0 Å². The van der Waals surface area contributed by atoms with E-state index in [9.17, 15) is 0 Å². The van der Waals surface area contributed by atoms with E-state index in [0.29, 0.717) is 0 Å². The Morgan fingerprint density at radius 3 is 2.34 bits per heavy atom. The number of nitrogens with zero attached hydrogens (tertiary/aromatic N) is 3. The number of anilines is 1. The molecule has 0 spiro atoms. The smallest absolute Gasteiger partial charge is 0.129 e. The summed E-state index contributed by atoms with van der Waals surface area (Å²) in [7, 11) is 1.90. The molecule has 0 aliphatic heterocycles. The molecule has 2 aromatic carbocycles. The average Bonchev–Trinajstić information content (AvgIpc) is 3.16. The van der Waals surface area contributed by atoms with E-state index in [1.165, 1.54) is 5.56 Å². The molecule has 0 saturated carbocycles. The fourth-order valence-electron chi connectivity index (χ4n) is 3.02. The van der Waals surface area contributed by atoms with Gasteiger partial charge in [-0.05, 0) is 71.0 Å². The molecule has 0 unspecified atom stereocenters. The van der Waals surface area contributed by atoms with Gasteiger partial charge >= 0.3 is 0 Å². The topological polar surface area (TPSA) is 72.2 Å². The van der Waals surface area contributed by atoms with Gasteiger partial charge < -0.3 is 15.2 Å². The molecular weight excluding hydrogens is 400 g/mol. The number of aryl methyl sites for hydroxylation is 2. The van der Waals surface area contributed by atoms with Crippen LogP contribution in [0.4, 0.5) is 5.82 Å². The molecule has 2 N–H and O–H groups in total. The van der Waals surface area contributed by atoms with Crippen LogP contribution >= 0.6 is 0 Å². The molecule has 2 aromatic heterocycles. The zero-order valence-electron chi connectivity index (χ0n) is 19.8. The number of benzene rings is 2. The number of fused-ring (bicyclic) bond motifs is 1. The largest absolute Gasteiger partial charge is 0.491 e. The standard InChI is InChI=1S/C14H14N4.C10H14O.C2H6O/c1-10-9-14(15-2)18(17-10)13-7-3-6-12-11(13)5-4-8-16-12;1-8(2)11-10-6-4-9(3)5-7-10;1-2-3/h3-9,15H,1-2H3;4-8H,1-3H3;3H,2H2,1H3. The third-order valence-electron chi connectivity index (χ3n) is 4.33. The summed E-state index contributed by atoms with van der Waals surface area (Å²) in [5, 5.41) is 16.4. The molecule has 0 amide bonds. The Morgan fingerprint density at radius 2 is 1.72 bits per heavy atom. The lowest BCUT2D eigenvalue weighted by molar-refractivity contribution is 0.242. The SMILES string of the molecule is CCO.CNc1cc(C)nn1-c1cccc2ncccc12.Cc1ccc(OC(C)C)cc1. The summed E-state index contributed by atoms with van der Waals surface area (Å²) < 4.78 is 7.39. The Bertz CT molecular complexity index is 1080. The Morgan fingerprint density at radius 1 is 1.03 bits per heavy atom. The maximum Gasteiger partial charge on any atom is 0.129 e. The number of pyridine rings is 1. The second-order valence-electron chi connectivity index (χ2n) is 7.48. The first-order valence-corrected chi connectivity index (χ1v) is 10.8. The predicted octanol–water partition coefficient (Wildman–Crippen LogP) is 5.55. The number of hydrogen-bond acceptors (Lipinski definition) is 5. The van der Waals surface area contributed by atoms with Crippen molar-refractivity contribution in [2.24, 2.45) is 0 Å². The highest BCUT2D eigenvalue weighted by molar-refractivity contribution is 5.87. The first-order valence-electron chi connectivity index (χ1n) is 10.8. The quantitative estimate of drug-likeness (QED) is 0.440. The summed E-state index contributed by atoms with van der Waals surface area (Å²) in [5.41, 5.74) is 4.27. The van der Waals surface area contributed by atoms with Crippen molar-refractivity contribution in [1.29, 1.82) is 0 Å². The van der Waals surface area contributed by atoms with E-state index in [1.807, 2.05) is 68.9 Å². The van der Waals surface area contributed by atoms with Crippen LogP contribution in [0.25, 0.3) is 16.6 Å². The maximum absolute atomic E-state index is 7.57. The van der Waals surface area contributed by atoms with Crippen LogP contribution in [0.3, 0.4) is 0 Å². The molecule has 170 valence electrons. The number of aliphatic hydroxyl groups excluding tert-OH is 1. The monoisotopic (exact) mass is 434 g/mol. The molecule has 2 heterocycles. The van der Waals surface area contributed by atoms with E-state index in [1.54, 1.807) is 13.1 Å². The molecule has 0 aliphatic rings. The second kappa shape index (κ2) is 12.5. The first-order chi connectivity index (χ1) is 15.4. The maximum atomic E-state index is 7.57. The van der Waals surface area contributed by atoms with Crippen LogP contribution in [-0.2, 0) is 0 Å². The van der Waals surface area contributed by atoms with Crippen molar-refractivity contribution in [1.82, 2.24) is 14.8 Å². The Balaban J connectivity index is 0.000000222. The fraction of sp³-hybridized carbons (Fsp3) is 0.308. The number of rotatable bonds is 4. The Kier molecular flexibility index (Phi) is 9.70. The van der Waals surface area contributed by atoms with Crippen molar-refractivity contribution < 1.29 is 9.84 Å². The van der Waals surface area contributed by atoms with Gasteiger partial charge in [0.05, 0.1) is 23.0 Å². The molecule has 6 nitrogen and oxygen atoms in total. The van der Waals surface area contributed by atoms with Gasteiger partial charge in [0, 0.05) is 31.3 Å². The lowest BCUT2D eigenvalue weighted by atomic mass is 10.2. The van der Waals surface area contributed by atoms with Gasteiger partial charge in [0.25, 0.3) is 0 Å². The normalized spacial score (nSPS) is 10.1. The van der Waals surface area contributed by atoms with E-state index in [-0.39, 0.29) is 12.7 Å². The molecule has 0 fully saturated rings. The number of aromatic nitrogens is 3. The summed E-state index contributed by atoms with van der Waals surface area (Å²) in [6, 6.07) is 20.2. The van der Waals surface area contributed by atoms with Crippen molar-refractivity contribution in [2.45, 2.75) is 40.7 Å². The Hall–Kier alpha value is -3.38. The molecule has 0 aliphatic carbocycles. The molecule has 0 saturated heterocycles. The van der Waals surface area contributed by atoms with Gasteiger partial charge in [-0.1, -0.05) is 23.8 Å². The van der Waals surface area contributed by atoms with Crippen molar-refractivity contribution in [3.8, 4) is 11.4 Å². The molecule has 4 aromatic rings. The third kappa shape index (κ3) is 7.10. The Labute approximate surface area is 190 Å². The van der Waals surface area contributed by atoms with Gasteiger partial charge in [0.2, 0.25) is 0 Å². The van der Waals surface area contributed by atoms with Crippen LogP contribution in [0.5, 0.6) is 5.75 Å². The minimum absolute atomic E-state index is 0.250. The predicted molar refractivity (Wildman–Crippen MR) is 133 cm³/mol. The van der Waals surface area contributed by atoms with Crippen LogP contribution in [0.15, 0.2) is 66.9 Å². The third-order valence-corrected chi connectivity index (χ3v) is 4.33. The number of ether oxygens (including phenoxy) is 1. The van der Waals surface area contributed by atoms with Crippen LogP contribution in [-0.4, -0.2) is 39.6 Å². The molecule has 6 heteroatoms. The summed E-state index contributed by atoms with van der Waals surface area (Å²) in [4.78, 5) is 4.37. The molecule has 32 heavy (non-hydrogen) atoms. The zero-order chi connectivity index (χ0) is 23.5. The van der Waals surface area contributed by atoms with Gasteiger partial charge in [0.15, 0.2) is 0 Å². The van der Waals surface area contributed by atoms with E-state index < -0.39 is 0 Å². The lowest BCUT2D eigenvalue weighted by Crippen LogP contribution is -2.05. The molecule has 0 bridgehead atoms. The van der Waals surface area contributed by atoms with Crippen molar-refractivity contribution in [3.05, 3.63) is 78.1 Å². The lowest BCUT2D eigenvalue weighted by Gasteiger charge is -2.09. The summed E-state index contributed by atoms with van der Waals surface area (Å²) in [6.45, 7) is 10.0. The highest BCUT2D eigenvalue weighted by atomic mass is 16.5. The highest BCUT2D eigenvalue weighted by Gasteiger charge is 2.09. The first kappa shape index (κ1) is 24.9. The van der Waals surface area contributed by atoms with Gasteiger partial charge in [-0.25, -0.2) is 4.68 Å². The number of aliphatic hydroxyl groups is 1. The number of nitrogens with one attached hydrogen (secondary N) is 1. The van der Waals surface area contributed by atoms with E-state index in [2.05, 4.69) is 46.6 Å². The number of hydrogen-bond donors (Lipinski definition) is 2. The highest BCUT2D eigenvalue weighted by Crippen LogP contribution is 2.23. The van der Waals surface area contributed by atoms with Crippen LogP contribution < -0.4 is 10.1 Å². The average molecular weight is 435 g/mol. The minimum Gasteiger partial charge on any atom is -0.491 e. The summed E-state index contributed by atoms with van der Waals surface area (Å²) in [6.07, 6.45) is 2.07. The fourth-order valence-corrected chi connectivity index (χ4v) is 3.02. The molecule has 0 atom stereocenters. The van der Waals surface area contributed by atoms with Crippen molar-refractivity contribution >= 4 is 16.7 Å². The van der Waals surface area contributed by atoms with E-state index >= 15 is 0 Å².